The predicted molar refractivity (Wildman–Crippen MR) is 80.5 cm³/mol. The normalized spacial score (nSPS) is 30.5. The van der Waals surface area contributed by atoms with E-state index in [0.717, 1.165) is 19.1 Å². The predicted octanol–water partition coefficient (Wildman–Crippen LogP) is 2.51. The van der Waals surface area contributed by atoms with Gasteiger partial charge in [0.25, 0.3) is 0 Å². The van der Waals surface area contributed by atoms with Crippen molar-refractivity contribution in [1.82, 2.24) is 10.2 Å². The van der Waals surface area contributed by atoms with Gasteiger partial charge in [0.1, 0.15) is 0 Å². The molecule has 2 aliphatic heterocycles. The molecular formula is C16H32N2O. The van der Waals surface area contributed by atoms with Gasteiger partial charge < -0.3 is 15.0 Å². The first-order chi connectivity index (χ1) is 9.12. The fourth-order valence-corrected chi connectivity index (χ4v) is 3.75. The Morgan fingerprint density at radius 1 is 1.26 bits per heavy atom. The van der Waals surface area contributed by atoms with Gasteiger partial charge in [-0.25, -0.2) is 0 Å². The second kappa shape index (κ2) is 7.05. The Morgan fingerprint density at radius 3 is 2.79 bits per heavy atom. The molecule has 0 aromatic carbocycles. The summed E-state index contributed by atoms with van der Waals surface area (Å²) < 4.78 is 5.82. The summed E-state index contributed by atoms with van der Waals surface area (Å²) in [6.07, 6.45) is 5.75. The van der Waals surface area contributed by atoms with Crippen molar-refractivity contribution in [2.45, 2.75) is 52.6 Å². The van der Waals surface area contributed by atoms with Gasteiger partial charge in [0, 0.05) is 19.7 Å². The van der Waals surface area contributed by atoms with Gasteiger partial charge >= 0.3 is 0 Å². The Hall–Kier alpha value is -0.120. The van der Waals surface area contributed by atoms with E-state index in [0.29, 0.717) is 11.5 Å². The third-order valence-corrected chi connectivity index (χ3v) is 4.90. The fourth-order valence-electron chi connectivity index (χ4n) is 3.75. The zero-order valence-corrected chi connectivity index (χ0v) is 13.1. The van der Waals surface area contributed by atoms with Gasteiger partial charge in [0.15, 0.2) is 0 Å². The summed E-state index contributed by atoms with van der Waals surface area (Å²) in [5, 5.41) is 3.56. The Balaban J connectivity index is 1.84. The van der Waals surface area contributed by atoms with Crippen molar-refractivity contribution in [3.63, 3.8) is 0 Å². The van der Waals surface area contributed by atoms with Crippen molar-refractivity contribution in [2.24, 2.45) is 11.3 Å². The van der Waals surface area contributed by atoms with Crippen LogP contribution in [0.5, 0.6) is 0 Å². The van der Waals surface area contributed by atoms with E-state index in [4.69, 9.17) is 4.74 Å². The molecule has 3 nitrogen and oxygen atoms in total. The number of hydrogen-bond acceptors (Lipinski definition) is 3. The van der Waals surface area contributed by atoms with Crippen molar-refractivity contribution in [3.8, 4) is 0 Å². The van der Waals surface area contributed by atoms with Crippen LogP contribution in [0.3, 0.4) is 0 Å². The molecule has 19 heavy (non-hydrogen) atoms. The van der Waals surface area contributed by atoms with E-state index >= 15 is 0 Å². The summed E-state index contributed by atoms with van der Waals surface area (Å²) in [6, 6.07) is 0. The first kappa shape index (κ1) is 15.3. The maximum Gasteiger partial charge on any atom is 0.0702 e. The fraction of sp³-hybridized carbons (Fsp3) is 1.00. The SMILES string of the molecule is CCOC1CCCN(CC(C)(C)C2CCCNC2)C1. The molecule has 2 saturated heterocycles. The number of piperidine rings is 2. The average Bonchev–Trinajstić information content (AvgIpc) is 2.40. The molecule has 0 amide bonds. The van der Waals surface area contributed by atoms with E-state index in [1.165, 1.54) is 51.9 Å². The lowest BCUT2D eigenvalue weighted by Crippen LogP contribution is -2.48. The third kappa shape index (κ3) is 4.44. The van der Waals surface area contributed by atoms with Crippen LogP contribution < -0.4 is 5.32 Å². The maximum atomic E-state index is 5.82. The number of nitrogens with zero attached hydrogens (tertiary/aromatic N) is 1. The lowest BCUT2D eigenvalue weighted by Gasteiger charge is -2.43. The number of hydrogen-bond donors (Lipinski definition) is 1. The highest BCUT2D eigenvalue weighted by Crippen LogP contribution is 2.33. The average molecular weight is 268 g/mol. The van der Waals surface area contributed by atoms with Gasteiger partial charge in [0.05, 0.1) is 6.10 Å². The maximum absolute atomic E-state index is 5.82. The lowest BCUT2D eigenvalue weighted by molar-refractivity contribution is -0.0114. The molecule has 3 heteroatoms. The second-order valence-corrected chi connectivity index (χ2v) is 6.99. The van der Waals surface area contributed by atoms with E-state index in [9.17, 15) is 0 Å². The smallest absolute Gasteiger partial charge is 0.0702 e. The molecule has 1 N–H and O–H groups in total. The van der Waals surface area contributed by atoms with E-state index in [2.05, 4.69) is 31.0 Å². The summed E-state index contributed by atoms with van der Waals surface area (Å²) >= 11 is 0. The van der Waals surface area contributed by atoms with Gasteiger partial charge in [-0.1, -0.05) is 13.8 Å². The number of likely N-dealkylation sites (tertiary alicyclic amines) is 1. The summed E-state index contributed by atoms with van der Waals surface area (Å²) in [6.45, 7) is 13.9. The molecule has 0 aliphatic carbocycles. The van der Waals surface area contributed by atoms with Crippen molar-refractivity contribution in [3.05, 3.63) is 0 Å². The van der Waals surface area contributed by atoms with Crippen LogP contribution in [-0.4, -0.2) is 50.3 Å². The van der Waals surface area contributed by atoms with Crippen LogP contribution in [0.1, 0.15) is 46.5 Å². The van der Waals surface area contributed by atoms with Crippen LogP contribution >= 0.6 is 0 Å². The molecule has 0 aromatic heterocycles. The number of nitrogens with one attached hydrogen (secondary N) is 1. The highest BCUT2D eigenvalue weighted by molar-refractivity contribution is 4.87. The van der Waals surface area contributed by atoms with Crippen LogP contribution in [0.25, 0.3) is 0 Å². The largest absolute Gasteiger partial charge is 0.377 e. The standard InChI is InChI=1S/C16H32N2O/c1-4-19-15-8-6-10-18(12-15)13-16(2,3)14-7-5-9-17-11-14/h14-15,17H,4-13H2,1-3H3. The monoisotopic (exact) mass is 268 g/mol. The quantitative estimate of drug-likeness (QED) is 0.829. The van der Waals surface area contributed by atoms with E-state index in [-0.39, 0.29) is 0 Å². The molecule has 0 saturated carbocycles. The van der Waals surface area contributed by atoms with Crippen molar-refractivity contribution < 1.29 is 4.74 Å². The summed E-state index contributed by atoms with van der Waals surface area (Å²) in [4.78, 5) is 2.64. The van der Waals surface area contributed by atoms with Gasteiger partial charge in [-0.3, -0.25) is 0 Å². The minimum absolute atomic E-state index is 0.418. The van der Waals surface area contributed by atoms with Crippen molar-refractivity contribution in [1.29, 1.82) is 0 Å². The molecular weight excluding hydrogens is 236 g/mol. The first-order valence-corrected chi connectivity index (χ1v) is 8.16. The summed E-state index contributed by atoms with van der Waals surface area (Å²) in [5.41, 5.74) is 0.418. The van der Waals surface area contributed by atoms with Crippen LogP contribution in [0.15, 0.2) is 0 Å². The lowest BCUT2D eigenvalue weighted by atomic mass is 9.74. The van der Waals surface area contributed by atoms with E-state index in [1.54, 1.807) is 0 Å². The van der Waals surface area contributed by atoms with Crippen LogP contribution in [-0.2, 0) is 4.74 Å². The van der Waals surface area contributed by atoms with Gasteiger partial charge in [-0.05, 0) is 63.6 Å². The van der Waals surface area contributed by atoms with E-state index in [1.807, 2.05) is 0 Å². The van der Waals surface area contributed by atoms with Crippen molar-refractivity contribution >= 4 is 0 Å². The summed E-state index contributed by atoms with van der Waals surface area (Å²) in [7, 11) is 0. The van der Waals surface area contributed by atoms with Gasteiger partial charge in [0.2, 0.25) is 0 Å². The molecule has 2 aliphatic rings. The number of rotatable bonds is 5. The van der Waals surface area contributed by atoms with Crippen molar-refractivity contribution in [2.75, 3.05) is 39.3 Å². The van der Waals surface area contributed by atoms with Gasteiger partial charge in [-0.15, -0.1) is 0 Å². The minimum Gasteiger partial charge on any atom is -0.377 e. The van der Waals surface area contributed by atoms with Crippen LogP contribution in [0, 0.1) is 11.3 Å². The molecule has 0 spiro atoms. The molecule has 2 fully saturated rings. The Morgan fingerprint density at radius 2 is 2.11 bits per heavy atom. The third-order valence-electron chi connectivity index (χ3n) is 4.90. The molecule has 2 atom stereocenters. The van der Waals surface area contributed by atoms with E-state index < -0.39 is 0 Å². The minimum atomic E-state index is 0.418. The molecule has 0 radical (unpaired) electrons. The first-order valence-electron chi connectivity index (χ1n) is 8.16. The topological polar surface area (TPSA) is 24.5 Å². The van der Waals surface area contributed by atoms with Crippen LogP contribution in [0.4, 0.5) is 0 Å². The highest BCUT2D eigenvalue weighted by atomic mass is 16.5. The van der Waals surface area contributed by atoms with Gasteiger partial charge in [-0.2, -0.15) is 0 Å². The molecule has 2 heterocycles. The Bertz CT molecular complexity index is 259. The molecule has 112 valence electrons. The second-order valence-electron chi connectivity index (χ2n) is 6.99. The zero-order valence-electron chi connectivity index (χ0n) is 13.1. The Labute approximate surface area is 119 Å². The molecule has 0 bridgehead atoms. The highest BCUT2D eigenvalue weighted by Gasteiger charge is 2.33. The summed E-state index contributed by atoms with van der Waals surface area (Å²) in [5.74, 6) is 0.828. The molecule has 2 unspecified atom stereocenters. The Kier molecular flexibility index (Phi) is 5.67. The number of ether oxygens (including phenoxy) is 1. The molecule has 2 rings (SSSR count). The molecule has 0 aromatic rings. The zero-order chi connectivity index (χ0) is 13.7. The van der Waals surface area contributed by atoms with Crippen LogP contribution in [0.2, 0.25) is 0 Å².